The van der Waals surface area contributed by atoms with E-state index in [2.05, 4.69) is 5.32 Å². The van der Waals surface area contributed by atoms with Gasteiger partial charge in [0.25, 0.3) is 5.91 Å². The average molecular weight is 475 g/mol. The second kappa shape index (κ2) is 8.53. The molecule has 1 aromatic carbocycles. The Bertz CT molecular complexity index is 908. The number of carbonyl (C=O) groups is 2. The third-order valence-electron chi connectivity index (χ3n) is 7.27. The number of benzene rings is 1. The largest absolute Gasteiger partial charge is 0.351 e. The summed E-state index contributed by atoms with van der Waals surface area (Å²) in [4.78, 5) is 27.7. The maximum Gasteiger partial charge on any atom is 0.266 e. The summed E-state index contributed by atoms with van der Waals surface area (Å²) in [6.45, 7) is 0.483. The molecular weight excluding hydrogens is 448 g/mol. The molecule has 0 spiro atoms. The van der Waals surface area contributed by atoms with Crippen molar-refractivity contribution >= 4 is 57.8 Å². The Labute approximate surface area is 198 Å². The fourth-order valence-corrected chi connectivity index (χ4v) is 7.86. The Kier molecular flexibility index (Phi) is 5.91. The van der Waals surface area contributed by atoms with Crippen LogP contribution in [0.5, 0.6) is 0 Å². The highest BCUT2D eigenvalue weighted by Gasteiger charge is 2.51. The number of carbonyl (C=O) groups excluding carboxylic acids is 2. The summed E-state index contributed by atoms with van der Waals surface area (Å²) in [5, 5.41) is 4.08. The highest BCUT2D eigenvalue weighted by atomic mass is 35.5. The predicted octanol–water partition coefficient (Wildman–Crippen LogP) is 5.41. The quantitative estimate of drug-likeness (QED) is 0.442. The summed E-state index contributed by atoms with van der Waals surface area (Å²) < 4.78 is 0.562. The van der Waals surface area contributed by atoms with E-state index in [1.54, 1.807) is 17.0 Å². The number of hydrogen-bond donors (Lipinski definition) is 1. The van der Waals surface area contributed by atoms with Crippen LogP contribution in [0.15, 0.2) is 29.2 Å². The van der Waals surface area contributed by atoms with Crippen LogP contribution in [0.1, 0.15) is 56.9 Å². The Morgan fingerprint density at radius 1 is 1.16 bits per heavy atom. The van der Waals surface area contributed by atoms with Gasteiger partial charge in [-0.05, 0) is 86.5 Å². The lowest BCUT2D eigenvalue weighted by Crippen LogP contribution is -2.59. The number of halogens is 1. The summed E-state index contributed by atoms with van der Waals surface area (Å²) in [6.07, 6.45) is 10.5. The third-order valence-corrected chi connectivity index (χ3v) is 8.90. The van der Waals surface area contributed by atoms with Gasteiger partial charge in [-0.2, -0.15) is 0 Å². The minimum absolute atomic E-state index is 0.0505. The molecule has 6 rings (SSSR count). The van der Waals surface area contributed by atoms with E-state index in [0.717, 1.165) is 42.6 Å². The van der Waals surface area contributed by atoms with Crippen molar-refractivity contribution in [3.8, 4) is 0 Å². The van der Waals surface area contributed by atoms with E-state index in [4.69, 9.17) is 23.8 Å². The van der Waals surface area contributed by atoms with Crippen LogP contribution in [-0.4, -0.2) is 33.1 Å². The highest BCUT2D eigenvalue weighted by Crippen LogP contribution is 2.55. The highest BCUT2D eigenvalue weighted by molar-refractivity contribution is 8.26. The Morgan fingerprint density at radius 2 is 1.77 bits per heavy atom. The molecule has 1 saturated heterocycles. The van der Waals surface area contributed by atoms with Gasteiger partial charge in [0.05, 0.1) is 4.91 Å². The fraction of sp³-hybridized carbons (Fsp3) is 0.542. The smallest absolute Gasteiger partial charge is 0.266 e. The molecular formula is C24H27ClN2O2S2. The number of nitrogens with zero attached hydrogens (tertiary/aromatic N) is 1. The summed E-state index contributed by atoms with van der Waals surface area (Å²) in [6, 6.07) is 7.36. The molecule has 4 aliphatic carbocycles. The second-order valence-electron chi connectivity index (χ2n) is 9.73. The molecule has 4 bridgehead atoms. The molecule has 4 saturated carbocycles. The SMILES string of the molecule is O=C(CCCN1C(=O)/C(=C/c2ccc(Cl)cc2)SC1=S)NC12CC3CC(CC(C3)C1)C2. The van der Waals surface area contributed by atoms with E-state index < -0.39 is 0 Å². The van der Waals surface area contributed by atoms with E-state index in [1.165, 1.54) is 31.0 Å². The van der Waals surface area contributed by atoms with E-state index in [0.29, 0.717) is 33.6 Å². The zero-order chi connectivity index (χ0) is 21.6. The number of hydrogen-bond acceptors (Lipinski definition) is 4. The third kappa shape index (κ3) is 4.57. The maximum absolute atomic E-state index is 12.8. The molecule has 7 heteroatoms. The zero-order valence-corrected chi connectivity index (χ0v) is 19.8. The predicted molar refractivity (Wildman–Crippen MR) is 130 cm³/mol. The molecule has 1 N–H and O–H groups in total. The van der Waals surface area contributed by atoms with Gasteiger partial charge in [0.2, 0.25) is 5.91 Å². The Hall–Kier alpha value is -1.37. The number of thioether (sulfide) groups is 1. The molecule has 0 aromatic heterocycles. The molecule has 1 aromatic rings. The topological polar surface area (TPSA) is 49.4 Å². The van der Waals surface area contributed by atoms with Crippen LogP contribution in [0.25, 0.3) is 6.08 Å². The standard InChI is InChI=1S/C24H27ClN2O2S2/c25-19-5-3-15(4-6-19)11-20-22(29)27(23(30)31-20)7-1-2-21(28)26-24-12-16-8-17(13-24)10-18(9-16)14-24/h3-6,11,16-18H,1-2,7-10,12-14H2,(H,26,28)/b20-11-. The van der Waals surface area contributed by atoms with Crippen LogP contribution < -0.4 is 5.32 Å². The van der Waals surface area contributed by atoms with Gasteiger partial charge >= 0.3 is 0 Å². The molecule has 164 valence electrons. The van der Waals surface area contributed by atoms with Gasteiger partial charge in [0.1, 0.15) is 4.32 Å². The number of amides is 2. The summed E-state index contributed by atoms with van der Waals surface area (Å²) in [5.74, 6) is 2.49. The van der Waals surface area contributed by atoms with Gasteiger partial charge in [-0.3, -0.25) is 14.5 Å². The van der Waals surface area contributed by atoms with Crippen molar-refractivity contribution in [3.05, 3.63) is 39.8 Å². The van der Waals surface area contributed by atoms with Gasteiger partial charge in [0, 0.05) is 23.5 Å². The first-order chi connectivity index (χ1) is 14.9. The molecule has 31 heavy (non-hydrogen) atoms. The molecule has 2 amide bonds. The average Bonchev–Trinajstić information content (AvgIpc) is 2.95. The molecule has 1 heterocycles. The summed E-state index contributed by atoms with van der Waals surface area (Å²) in [7, 11) is 0. The van der Waals surface area contributed by atoms with Gasteiger partial charge in [-0.15, -0.1) is 0 Å². The van der Waals surface area contributed by atoms with Crippen molar-refractivity contribution in [3.63, 3.8) is 0 Å². The van der Waals surface area contributed by atoms with E-state index in [1.807, 2.05) is 18.2 Å². The van der Waals surface area contributed by atoms with Gasteiger partial charge < -0.3 is 5.32 Å². The van der Waals surface area contributed by atoms with Crippen molar-refractivity contribution in [2.75, 3.05) is 6.54 Å². The number of nitrogens with one attached hydrogen (secondary N) is 1. The lowest BCUT2D eigenvalue weighted by molar-refractivity contribution is -0.127. The molecule has 0 atom stereocenters. The van der Waals surface area contributed by atoms with Crippen molar-refractivity contribution in [1.29, 1.82) is 0 Å². The Morgan fingerprint density at radius 3 is 2.39 bits per heavy atom. The molecule has 0 radical (unpaired) electrons. The van der Waals surface area contributed by atoms with Crippen molar-refractivity contribution in [2.24, 2.45) is 17.8 Å². The molecule has 5 aliphatic rings. The van der Waals surface area contributed by atoms with E-state index in [9.17, 15) is 9.59 Å². The Balaban J connectivity index is 1.13. The minimum atomic E-state index is -0.0774. The number of rotatable bonds is 6. The summed E-state index contributed by atoms with van der Waals surface area (Å²) in [5.41, 5.74) is 0.967. The van der Waals surface area contributed by atoms with Crippen molar-refractivity contribution < 1.29 is 9.59 Å². The molecule has 1 aliphatic heterocycles. The van der Waals surface area contributed by atoms with E-state index >= 15 is 0 Å². The fourth-order valence-electron chi connectivity index (χ4n) is 6.42. The maximum atomic E-state index is 12.8. The first-order valence-corrected chi connectivity index (χ1v) is 12.8. The van der Waals surface area contributed by atoms with Crippen LogP contribution in [0, 0.1) is 17.8 Å². The summed E-state index contributed by atoms with van der Waals surface area (Å²) >= 11 is 12.7. The van der Waals surface area contributed by atoms with Crippen LogP contribution in [0.2, 0.25) is 5.02 Å². The lowest BCUT2D eigenvalue weighted by atomic mass is 9.53. The van der Waals surface area contributed by atoms with Crippen LogP contribution in [0.4, 0.5) is 0 Å². The monoisotopic (exact) mass is 474 g/mol. The minimum Gasteiger partial charge on any atom is -0.351 e. The molecule has 5 fully saturated rings. The molecule has 4 nitrogen and oxygen atoms in total. The van der Waals surface area contributed by atoms with Gasteiger partial charge in [-0.25, -0.2) is 0 Å². The lowest BCUT2D eigenvalue weighted by Gasteiger charge is -2.56. The zero-order valence-electron chi connectivity index (χ0n) is 17.4. The normalized spacial score (nSPS) is 32.9. The van der Waals surface area contributed by atoms with Crippen molar-refractivity contribution in [1.82, 2.24) is 10.2 Å². The second-order valence-corrected chi connectivity index (χ2v) is 11.8. The first-order valence-electron chi connectivity index (χ1n) is 11.2. The number of thiocarbonyl (C=S) groups is 1. The van der Waals surface area contributed by atoms with Crippen LogP contribution in [0.3, 0.4) is 0 Å². The van der Waals surface area contributed by atoms with Gasteiger partial charge in [-0.1, -0.05) is 47.7 Å². The van der Waals surface area contributed by atoms with E-state index in [-0.39, 0.29) is 17.4 Å². The van der Waals surface area contributed by atoms with Crippen LogP contribution >= 0.6 is 35.6 Å². The van der Waals surface area contributed by atoms with Gasteiger partial charge in [0.15, 0.2) is 0 Å². The first kappa shape index (κ1) is 21.5. The molecule has 0 unspecified atom stereocenters. The van der Waals surface area contributed by atoms with Crippen molar-refractivity contribution in [2.45, 2.75) is 56.9 Å². The van der Waals surface area contributed by atoms with Crippen LogP contribution in [-0.2, 0) is 9.59 Å².